The van der Waals surface area contributed by atoms with Gasteiger partial charge in [0.25, 0.3) is 0 Å². The highest BCUT2D eigenvalue weighted by atomic mass is 35.5. The summed E-state index contributed by atoms with van der Waals surface area (Å²) in [5, 5.41) is 11.6. The Hall–Kier alpha value is -1.70. The highest BCUT2D eigenvalue weighted by Gasteiger charge is 2.42. The second kappa shape index (κ2) is 11.4. The Morgan fingerprint density at radius 1 is 1.03 bits per heavy atom. The molecule has 2 aliphatic carbocycles. The van der Waals surface area contributed by atoms with Crippen molar-refractivity contribution in [1.82, 2.24) is 10.2 Å². The number of hydrogen-bond acceptors (Lipinski definition) is 7. The number of carbonyl (C=O) groups is 1. The molecule has 0 bridgehead atoms. The van der Waals surface area contributed by atoms with E-state index in [4.69, 9.17) is 21.1 Å². The molecule has 1 saturated heterocycles. The SMILES string of the molecule is COC(=O)C1CCC(c2nnc(-c3ccc(N4CCC(OC)(C5CCCCC5)CC4)cc3Cl)s2)CC1. The van der Waals surface area contributed by atoms with Crippen LogP contribution in [0.4, 0.5) is 5.69 Å². The Balaban J connectivity index is 1.22. The molecule has 2 heterocycles. The summed E-state index contributed by atoms with van der Waals surface area (Å²) in [6.45, 7) is 1.99. The van der Waals surface area contributed by atoms with Crippen LogP contribution in [-0.2, 0) is 14.3 Å². The van der Waals surface area contributed by atoms with Crippen molar-refractivity contribution in [3.05, 3.63) is 28.2 Å². The first-order valence-electron chi connectivity index (χ1n) is 13.5. The second-order valence-corrected chi connectivity index (χ2v) is 12.2. The first-order chi connectivity index (χ1) is 17.5. The first-order valence-corrected chi connectivity index (χ1v) is 14.7. The molecule has 2 aromatic rings. The summed E-state index contributed by atoms with van der Waals surface area (Å²) in [5.41, 5.74) is 2.15. The van der Waals surface area contributed by atoms with Crippen molar-refractivity contribution in [3.63, 3.8) is 0 Å². The Bertz CT molecular complexity index is 1040. The topological polar surface area (TPSA) is 64.5 Å². The summed E-state index contributed by atoms with van der Waals surface area (Å²) in [4.78, 5) is 14.3. The molecule has 3 fully saturated rings. The lowest BCUT2D eigenvalue weighted by atomic mass is 9.72. The number of esters is 1. The molecule has 8 heteroatoms. The van der Waals surface area contributed by atoms with E-state index in [1.165, 1.54) is 44.9 Å². The van der Waals surface area contributed by atoms with Crippen molar-refractivity contribution in [2.75, 3.05) is 32.2 Å². The van der Waals surface area contributed by atoms with Gasteiger partial charge in [-0.05, 0) is 75.5 Å². The molecular weight excluding hydrogens is 494 g/mol. The predicted octanol–water partition coefficient (Wildman–Crippen LogP) is 6.87. The van der Waals surface area contributed by atoms with Crippen molar-refractivity contribution in [2.45, 2.75) is 82.1 Å². The van der Waals surface area contributed by atoms with Crippen LogP contribution in [0.5, 0.6) is 0 Å². The zero-order valence-electron chi connectivity index (χ0n) is 21.5. The fraction of sp³-hybridized carbons (Fsp3) is 0.679. The van der Waals surface area contributed by atoms with Crippen LogP contribution in [0.2, 0.25) is 5.02 Å². The molecule has 3 aliphatic rings. The molecule has 0 unspecified atom stereocenters. The van der Waals surface area contributed by atoms with Crippen molar-refractivity contribution < 1.29 is 14.3 Å². The molecule has 6 nitrogen and oxygen atoms in total. The molecular formula is C28H38ClN3O3S. The molecule has 0 atom stereocenters. The van der Waals surface area contributed by atoms with Gasteiger partial charge in [0.2, 0.25) is 0 Å². The van der Waals surface area contributed by atoms with Crippen LogP contribution in [0, 0.1) is 11.8 Å². The monoisotopic (exact) mass is 531 g/mol. The number of hydrogen-bond donors (Lipinski definition) is 0. The van der Waals surface area contributed by atoms with Crippen LogP contribution >= 0.6 is 22.9 Å². The van der Waals surface area contributed by atoms with Gasteiger partial charge in [0.15, 0.2) is 0 Å². The van der Waals surface area contributed by atoms with E-state index in [1.54, 1.807) is 11.3 Å². The number of aromatic nitrogens is 2. The Labute approximate surface area is 223 Å². The van der Waals surface area contributed by atoms with Gasteiger partial charge in [-0.15, -0.1) is 10.2 Å². The third-order valence-corrected chi connectivity index (χ3v) is 10.4. The van der Waals surface area contributed by atoms with E-state index in [0.29, 0.717) is 11.8 Å². The van der Waals surface area contributed by atoms with Crippen LogP contribution in [0.1, 0.15) is 81.6 Å². The number of rotatable bonds is 6. The van der Waals surface area contributed by atoms with Crippen LogP contribution in [0.15, 0.2) is 18.2 Å². The van der Waals surface area contributed by atoms with Gasteiger partial charge >= 0.3 is 5.97 Å². The molecule has 1 aliphatic heterocycles. The molecule has 0 amide bonds. The van der Waals surface area contributed by atoms with E-state index < -0.39 is 0 Å². The number of anilines is 1. The molecule has 5 rings (SSSR count). The molecule has 0 N–H and O–H groups in total. The number of methoxy groups -OCH3 is 2. The molecule has 196 valence electrons. The smallest absolute Gasteiger partial charge is 0.308 e. The average Bonchev–Trinajstić information content (AvgIpc) is 3.43. The maximum absolute atomic E-state index is 11.8. The normalized spacial score (nSPS) is 25.0. The summed E-state index contributed by atoms with van der Waals surface area (Å²) in [6, 6.07) is 6.35. The van der Waals surface area contributed by atoms with Crippen LogP contribution in [0.3, 0.4) is 0 Å². The maximum Gasteiger partial charge on any atom is 0.308 e. The van der Waals surface area contributed by atoms with Gasteiger partial charge in [0.05, 0.1) is 23.7 Å². The number of halogens is 1. The number of benzene rings is 1. The lowest BCUT2D eigenvalue weighted by Crippen LogP contribution is -2.50. The van der Waals surface area contributed by atoms with E-state index >= 15 is 0 Å². The lowest BCUT2D eigenvalue weighted by molar-refractivity contribution is -0.146. The largest absolute Gasteiger partial charge is 0.469 e. The molecule has 0 radical (unpaired) electrons. The standard InChI is InChI=1S/C28H38ClN3O3S/c1-34-27(33)20-10-8-19(9-11-20)25-30-31-26(36-25)23-13-12-22(18-24(23)29)32-16-14-28(35-2,15-17-32)21-6-4-3-5-7-21/h12-13,18-21H,3-11,14-17H2,1-2H3. The molecule has 0 spiro atoms. The van der Waals surface area contributed by atoms with Gasteiger partial charge in [0, 0.05) is 37.4 Å². The molecule has 36 heavy (non-hydrogen) atoms. The average molecular weight is 532 g/mol. The minimum absolute atomic E-state index is 0.0205. The van der Waals surface area contributed by atoms with Gasteiger partial charge < -0.3 is 14.4 Å². The maximum atomic E-state index is 11.8. The van der Waals surface area contributed by atoms with Crippen molar-refractivity contribution in [1.29, 1.82) is 0 Å². The van der Waals surface area contributed by atoms with Crippen LogP contribution < -0.4 is 4.90 Å². The number of nitrogens with zero attached hydrogens (tertiary/aromatic N) is 3. The quantitative estimate of drug-likeness (QED) is 0.379. The Morgan fingerprint density at radius 2 is 1.75 bits per heavy atom. The third kappa shape index (κ3) is 5.30. The van der Waals surface area contributed by atoms with E-state index in [9.17, 15) is 4.79 Å². The summed E-state index contributed by atoms with van der Waals surface area (Å²) in [7, 11) is 3.38. The Morgan fingerprint density at radius 3 is 2.39 bits per heavy atom. The van der Waals surface area contributed by atoms with E-state index in [0.717, 1.165) is 72.2 Å². The predicted molar refractivity (Wildman–Crippen MR) is 145 cm³/mol. The summed E-state index contributed by atoms with van der Waals surface area (Å²) >= 11 is 8.42. The first kappa shape index (κ1) is 25.9. The lowest BCUT2D eigenvalue weighted by Gasteiger charge is -2.47. The Kier molecular flexibility index (Phi) is 8.18. The minimum atomic E-state index is -0.0890. The summed E-state index contributed by atoms with van der Waals surface area (Å²) in [5.74, 6) is 0.987. The van der Waals surface area contributed by atoms with Crippen LogP contribution in [0.25, 0.3) is 10.6 Å². The van der Waals surface area contributed by atoms with Gasteiger partial charge in [0.1, 0.15) is 10.0 Å². The number of carbonyl (C=O) groups excluding carboxylic acids is 1. The van der Waals surface area contributed by atoms with Gasteiger partial charge in [-0.3, -0.25) is 4.79 Å². The highest BCUT2D eigenvalue weighted by Crippen LogP contribution is 2.43. The molecule has 2 saturated carbocycles. The molecule has 1 aromatic heterocycles. The summed E-state index contributed by atoms with van der Waals surface area (Å²) in [6.07, 6.45) is 12.4. The van der Waals surface area contributed by atoms with Gasteiger partial charge in [-0.1, -0.05) is 42.2 Å². The fourth-order valence-corrected chi connectivity index (χ4v) is 8.05. The third-order valence-electron chi connectivity index (χ3n) is 8.97. The summed E-state index contributed by atoms with van der Waals surface area (Å²) < 4.78 is 11.1. The van der Waals surface area contributed by atoms with Crippen molar-refractivity contribution in [3.8, 4) is 10.6 Å². The van der Waals surface area contributed by atoms with Gasteiger partial charge in [-0.25, -0.2) is 0 Å². The van der Waals surface area contributed by atoms with E-state index in [1.807, 2.05) is 7.11 Å². The number of ether oxygens (including phenoxy) is 2. The second-order valence-electron chi connectivity index (χ2n) is 10.8. The van der Waals surface area contributed by atoms with E-state index in [-0.39, 0.29) is 17.5 Å². The van der Waals surface area contributed by atoms with Crippen molar-refractivity contribution in [2.24, 2.45) is 11.8 Å². The van der Waals surface area contributed by atoms with Crippen molar-refractivity contribution >= 4 is 34.6 Å². The van der Waals surface area contributed by atoms with Gasteiger partial charge in [-0.2, -0.15) is 0 Å². The molecule has 1 aromatic carbocycles. The zero-order valence-corrected chi connectivity index (χ0v) is 23.1. The highest BCUT2D eigenvalue weighted by molar-refractivity contribution is 7.14. The zero-order chi connectivity index (χ0) is 25.1. The fourth-order valence-electron chi connectivity index (χ4n) is 6.68. The van der Waals surface area contributed by atoms with E-state index in [2.05, 4.69) is 33.3 Å². The minimum Gasteiger partial charge on any atom is -0.469 e. The van der Waals surface area contributed by atoms with Crippen LogP contribution in [-0.4, -0.2) is 49.1 Å². The number of piperidine rings is 1.